The van der Waals surface area contributed by atoms with Crippen LogP contribution in [0.4, 0.5) is 0 Å². The van der Waals surface area contributed by atoms with Crippen molar-refractivity contribution >= 4 is 18.9 Å². The first-order valence-electron chi connectivity index (χ1n) is 13.2. The molecule has 0 aromatic rings. The summed E-state index contributed by atoms with van der Waals surface area (Å²) >= 11 is 0. The van der Waals surface area contributed by atoms with E-state index in [9.17, 15) is 9.59 Å². The maximum atomic E-state index is 12.9. The predicted molar refractivity (Wildman–Crippen MR) is 150 cm³/mol. The van der Waals surface area contributed by atoms with E-state index in [2.05, 4.69) is 19.6 Å². The molecule has 0 bridgehead atoms. The maximum absolute atomic E-state index is 12.9. The molecule has 1 fully saturated rings. The van der Waals surface area contributed by atoms with Crippen molar-refractivity contribution in [3.05, 3.63) is 47.0 Å². The molecule has 5 nitrogen and oxygen atoms in total. The highest BCUT2D eigenvalue weighted by molar-refractivity contribution is 6.55. The number of hydrogen-bond acceptors (Lipinski definition) is 5. The lowest BCUT2D eigenvalue weighted by Crippen LogP contribution is -2.41. The Bertz CT molecular complexity index is 888. The van der Waals surface area contributed by atoms with E-state index in [1.165, 1.54) is 6.92 Å². The van der Waals surface area contributed by atoms with Gasteiger partial charge in [0.2, 0.25) is 0 Å². The number of hydrogen-bond donors (Lipinski definition) is 0. The van der Waals surface area contributed by atoms with Gasteiger partial charge in [0.1, 0.15) is 6.61 Å². The van der Waals surface area contributed by atoms with Crippen LogP contribution in [0, 0.1) is 11.3 Å². The number of carbonyl (C=O) groups excluding carboxylic acids is 2. The second-order valence-electron chi connectivity index (χ2n) is 11.7. The van der Waals surface area contributed by atoms with Gasteiger partial charge in [0, 0.05) is 18.3 Å². The average Bonchev–Trinajstić information content (AvgIpc) is 2.99. The molecule has 0 saturated carbocycles. The van der Waals surface area contributed by atoms with Crippen molar-refractivity contribution in [3.8, 4) is 0 Å². The lowest BCUT2D eigenvalue weighted by atomic mass is 9.76. The highest BCUT2D eigenvalue weighted by Gasteiger charge is 2.51. The molecule has 1 rings (SSSR count). The highest BCUT2D eigenvalue weighted by atomic mass is 16.7. The van der Waals surface area contributed by atoms with Gasteiger partial charge in [0.25, 0.3) is 0 Å². The molecule has 6 heteroatoms. The van der Waals surface area contributed by atoms with E-state index in [1.807, 2.05) is 68.4 Å². The normalized spacial score (nSPS) is 19.3. The van der Waals surface area contributed by atoms with Gasteiger partial charge in [-0.3, -0.25) is 9.59 Å². The van der Waals surface area contributed by atoms with Crippen LogP contribution in [0.3, 0.4) is 0 Å². The van der Waals surface area contributed by atoms with Crippen molar-refractivity contribution in [1.82, 2.24) is 0 Å². The zero-order chi connectivity index (χ0) is 27.9. The molecule has 0 N–H and O–H groups in total. The quantitative estimate of drug-likeness (QED) is 0.114. The number of rotatable bonds is 13. The molecule has 0 radical (unpaired) electrons. The van der Waals surface area contributed by atoms with Gasteiger partial charge in [-0.1, -0.05) is 64.0 Å². The number of esters is 1. The Balaban J connectivity index is 3.06. The summed E-state index contributed by atoms with van der Waals surface area (Å²) in [5.41, 5.74) is 2.69. The summed E-state index contributed by atoms with van der Waals surface area (Å²) in [5.74, 6) is -0.230. The van der Waals surface area contributed by atoms with Crippen molar-refractivity contribution in [2.75, 3.05) is 6.61 Å². The molecule has 1 saturated heterocycles. The van der Waals surface area contributed by atoms with Gasteiger partial charge in [0.15, 0.2) is 5.78 Å². The van der Waals surface area contributed by atoms with Crippen molar-refractivity contribution < 1.29 is 23.6 Å². The van der Waals surface area contributed by atoms with Crippen LogP contribution in [0.5, 0.6) is 0 Å². The van der Waals surface area contributed by atoms with Gasteiger partial charge in [-0.2, -0.15) is 0 Å². The fourth-order valence-corrected chi connectivity index (χ4v) is 3.97. The van der Waals surface area contributed by atoms with Crippen LogP contribution in [0.1, 0.15) is 102 Å². The van der Waals surface area contributed by atoms with Crippen LogP contribution in [-0.4, -0.2) is 36.7 Å². The van der Waals surface area contributed by atoms with Crippen molar-refractivity contribution in [2.45, 2.75) is 113 Å². The van der Waals surface area contributed by atoms with Crippen LogP contribution < -0.4 is 0 Å². The van der Waals surface area contributed by atoms with E-state index in [4.69, 9.17) is 14.0 Å². The predicted octanol–water partition coefficient (Wildman–Crippen LogP) is 7.37. The number of carbonyl (C=O) groups is 2. The third-order valence-corrected chi connectivity index (χ3v) is 7.53. The summed E-state index contributed by atoms with van der Waals surface area (Å²) in [6.45, 7) is 26.2. The summed E-state index contributed by atoms with van der Waals surface area (Å²) in [5, 5.41) is 0. The maximum Gasteiger partial charge on any atom is 0.494 e. The highest BCUT2D eigenvalue weighted by Crippen LogP contribution is 2.39. The molecule has 1 aliphatic rings. The lowest BCUT2D eigenvalue weighted by Gasteiger charge is -2.32. The van der Waals surface area contributed by atoms with Gasteiger partial charge in [-0.25, -0.2) is 0 Å². The third kappa shape index (κ3) is 8.88. The second-order valence-corrected chi connectivity index (χ2v) is 11.7. The van der Waals surface area contributed by atoms with Gasteiger partial charge in [0.05, 0.1) is 11.2 Å². The molecule has 0 aromatic carbocycles. The minimum atomic E-state index is -0.456. The van der Waals surface area contributed by atoms with Gasteiger partial charge < -0.3 is 14.0 Å². The molecule has 1 atom stereocenters. The average molecular weight is 501 g/mol. The van der Waals surface area contributed by atoms with Crippen molar-refractivity contribution in [3.63, 3.8) is 0 Å². The second kappa shape index (κ2) is 13.1. The monoisotopic (exact) mass is 500 g/mol. The third-order valence-electron chi connectivity index (χ3n) is 7.53. The van der Waals surface area contributed by atoms with Gasteiger partial charge >= 0.3 is 13.1 Å². The Morgan fingerprint density at radius 1 is 1.06 bits per heavy atom. The van der Waals surface area contributed by atoms with Crippen LogP contribution in [0.15, 0.2) is 47.0 Å². The van der Waals surface area contributed by atoms with E-state index >= 15 is 0 Å². The fourth-order valence-electron chi connectivity index (χ4n) is 3.97. The molecular formula is C30H49BO5. The first-order chi connectivity index (χ1) is 16.5. The van der Waals surface area contributed by atoms with Crippen molar-refractivity contribution in [1.29, 1.82) is 0 Å². The zero-order valence-electron chi connectivity index (χ0n) is 24.7. The Morgan fingerprint density at radius 3 is 2.08 bits per heavy atom. The summed E-state index contributed by atoms with van der Waals surface area (Å²) < 4.78 is 17.8. The number of allylic oxidation sites excluding steroid dienone is 6. The SMILES string of the molecule is C=C(CC/C(=C/C(=O)C(C)CCC)C(C)(C)COC(C)=O)/C(C)=C\C(=C/C)B1OC(C)(C)C(C)(C)O1. The summed E-state index contributed by atoms with van der Waals surface area (Å²) in [4.78, 5) is 24.3. The molecule has 36 heavy (non-hydrogen) atoms. The standard InChI is InChI=1S/C30H49BO5/c1-13-15-22(4)27(33)19-25(28(7,8)20-34-24(6)32)17-16-21(3)23(5)18-26(14-2)31-35-29(9,10)30(11,12)36-31/h14,18-19,22H,3,13,15-17,20H2,1-2,4-12H3/b23-18-,25-19-,26-14+. The number of ketones is 1. The molecule has 1 heterocycles. The minimum Gasteiger partial charge on any atom is -0.465 e. The first kappa shape index (κ1) is 32.1. The van der Waals surface area contributed by atoms with Crippen molar-refractivity contribution in [2.24, 2.45) is 11.3 Å². The molecular weight excluding hydrogens is 451 g/mol. The van der Waals surface area contributed by atoms with Crippen LogP contribution in [0.25, 0.3) is 0 Å². The van der Waals surface area contributed by atoms with E-state index in [0.717, 1.165) is 35.0 Å². The molecule has 0 aliphatic carbocycles. The topological polar surface area (TPSA) is 61.8 Å². The van der Waals surface area contributed by atoms with Gasteiger partial charge in [-0.15, -0.1) is 0 Å². The summed E-state index contributed by atoms with van der Waals surface area (Å²) in [6.07, 6.45) is 9.03. The lowest BCUT2D eigenvalue weighted by molar-refractivity contribution is -0.143. The molecule has 1 unspecified atom stereocenters. The Morgan fingerprint density at radius 2 is 1.61 bits per heavy atom. The van der Waals surface area contributed by atoms with E-state index in [-0.39, 0.29) is 24.3 Å². The van der Waals surface area contributed by atoms with Gasteiger partial charge in [-0.05, 0) is 77.9 Å². The zero-order valence-corrected chi connectivity index (χ0v) is 24.7. The fraction of sp³-hybridized carbons (Fsp3) is 0.667. The molecule has 1 aliphatic heterocycles. The van der Waals surface area contributed by atoms with Crippen LogP contribution >= 0.6 is 0 Å². The van der Waals surface area contributed by atoms with E-state index in [0.29, 0.717) is 12.8 Å². The summed E-state index contributed by atoms with van der Waals surface area (Å²) in [6, 6.07) is 0. The minimum absolute atomic E-state index is 0.0310. The first-order valence-corrected chi connectivity index (χ1v) is 13.2. The smallest absolute Gasteiger partial charge is 0.465 e. The molecule has 0 amide bonds. The molecule has 0 aromatic heterocycles. The van der Waals surface area contributed by atoms with Crippen LogP contribution in [0.2, 0.25) is 0 Å². The Hall–Kier alpha value is -1.92. The van der Waals surface area contributed by atoms with E-state index < -0.39 is 23.7 Å². The van der Waals surface area contributed by atoms with Crippen LogP contribution in [-0.2, 0) is 23.6 Å². The largest absolute Gasteiger partial charge is 0.494 e. The summed E-state index contributed by atoms with van der Waals surface area (Å²) in [7, 11) is -0.432. The molecule has 0 spiro atoms. The Labute approximate surface area is 220 Å². The van der Waals surface area contributed by atoms with E-state index in [1.54, 1.807) is 6.08 Å². The molecule has 202 valence electrons. The Kier molecular flexibility index (Phi) is 11.6. The number of ether oxygens (including phenoxy) is 1.